The highest BCUT2D eigenvalue weighted by molar-refractivity contribution is 6.03. The lowest BCUT2D eigenvalue weighted by molar-refractivity contribution is -0.150. The topological polar surface area (TPSA) is 83.9 Å². The number of carboxylic acids is 1. The zero-order chi connectivity index (χ0) is 13.9. The molecule has 6 heteroatoms. The summed E-state index contributed by atoms with van der Waals surface area (Å²) < 4.78 is 5.10. The minimum absolute atomic E-state index is 0.220. The van der Waals surface area contributed by atoms with Crippen molar-refractivity contribution in [2.24, 2.45) is 5.92 Å². The molecule has 0 bridgehead atoms. The van der Waals surface area contributed by atoms with Crippen LogP contribution in [0.1, 0.15) is 40.0 Å². The van der Waals surface area contributed by atoms with E-state index in [1.807, 2.05) is 0 Å². The summed E-state index contributed by atoms with van der Waals surface area (Å²) in [5, 5.41) is 8.97. The van der Waals surface area contributed by atoms with Crippen molar-refractivity contribution in [3.8, 4) is 0 Å². The Labute approximate surface area is 106 Å². The Balaban J connectivity index is 2.82. The molecule has 1 unspecified atom stereocenters. The normalized spacial score (nSPS) is 21.4. The summed E-state index contributed by atoms with van der Waals surface area (Å²) in [5.41, 5.74) is -0.706. The Morgan fingerprint density at radius 2 is 1.94 bits per heavy atom. The second-order valence-corrected chi connectivity index (χ2v) is 5.36. The standard InChI is InChI=1S/C12H19NO5/c1-12(2,3)18-11(17)13-7-5-4-6-8(9(13)14)10(15)16/h8H,4-7H2,1-3H3,(H,15,16). The van der Waals surface area contributed by atoms with Gasteiger partial charge in [0.15, 0.2) is 0 Å². The fraction of sp³-hybridized carbons (Fsp3) is 0.750. The van der Waals surface area contributed by atoms with Gasteiger partial charge in [-0.15, -0.1) is 0 Å². The molecular weight excluding hydrogens is 238 g/mol. The molecule has 0 aromatic heterocycles. The molecule has 102 valence electrons. The average molecular weight is 257 g/mol. The van der Waals surface area contributed by atoms with Crippen molar-refractivity contribution in [2.45, 2.75) is 45.6 Å². The molecule has 0 spiro atoms. The predicted octanol–water partition coefficient (Wildman–Crippen LogP) is 1.63. The molecule has 1 rings (SSSR count). The van der Waals surface area contributed by atoms with E-state index in [1.54, 1.807) is 20.8 Å². The minimum Gasteiger partial charge on any atom is -0.481 e. The summed E-state index contributed by atoms with van der Waals surface area (Å²) in [5.74, 6) is -3.00. The van der Waals surface area contributed by atoms with E-state index in [0.717, 1.165) is 4.90 Å². The number of carbonyl (C=O) groups is 3. The van der Waals surface area contributed by atoms with Gasteiger partial charge >= 0.3 is 12.1 Å². The number of carbonyl (C=O) groups excluding carboxylic acids is 2. The van der Waals surface area contributed by atoms with Crippen molar-refractivity contribution < 1.29 is 24.2 Å². The molecule has 0 aliphatic carbocycles. The lowest BCUT2D eigenvalue weighted by atomic mass is 10.0. The van der Waals surface area contributed by atoms with Gasteiger partial charge in [-0.2, -0.15) is 0 Å². The molecule has 0 aromatic carbocycles. The van der Waals surface area contributed by atoms with E-state index in [9.17, 15) is 14.4 Å². The zero-order valence-corrected chi connectivity index (χ0v) is 10.9. The molecule has 2 amide bonds. The molecule has 1 saturated heterocycles. The minimum atomic E-state index is -1.18. The number of hydrogen-bond acceptors (Lipinski definition) is 4. The molecule has 0 saturated carbocycles. The smallest absolute Gasteiger partial charge is 0.417 e. The van der Waals surface area contributed by atoms with Crippen molar-refractivity contribution in [1.29, 1.82) is 0 Å². The van der Waals surface area contributed by atoms with Gasteiger partial charge in [0.1, 0.15) is 11.5 Å². The molecular formula is C12H19NO5. The second kappa shape index (κ2) is 5.37. The zero-order valence-electron chi connectivity index (χ0n) is 10.9. The van der Waals surface area contributed by atoms with E-state index in [-0.39, 0.29) is 13.0 Å². The number of imide groups is 1. The molecule has 1 fully saturated rings. The summed E-state index contributed by atoms with van der Waals surface area (Å²) in [7, 11) is 0. The Morgan fingerprint density at radius 1 is 1.33 bits per heavy atom. The van der Waals surface area contributed by atoms with E-state index in [2.05, 4.69) is 0 Å². The van der Waals surface area contributed by atoms with Gasteiger partial charge in [0.2, 0.25) is 5.91 Å². The molecule has 0 radical (unpaired) electrons. The van der Waals surface area contributed by atoms with Crippen LogP contribution in [0.4, 0.5) is 4.79 Å². The van der Waals surface area contributed by atoms with Crippen LogP contribution in [0.3, 0.4) is 0 Å². The van der Waals surface area contributed by atoms with E-state index in [4.69, 9.17) is 9.84 Å². The molecule has 1 heterocycles. The molecule has 1 atom stereocenters. The highest BCUT2D eigenvalue weighted by Crippen LogP contribution is 2.20. The number of rotatable bonds is 1. The summed E-state index contributed by atoms with van der Waals surface area (Å²) in [6, 6.07) is 0. The quantitative estimate of drug-likeness (QED) is 0.722. The Kier molecular flexibility index (Phi) is 4.32. The number of hydrogen-bond donors (Lipinski definition) is 1. The van der Waals surface area contributed by atoms with Crippen molar-refractivity contribution >= 4 is 18.0 Å². The van der Waals surface area contributed by atoms with Gasteiger partial charge in [-0.05, 0) is 33.6 Å². The Bertz CT molecular complexity index is 358. The van der Waals surface area contributed by atoms with Crippen LogP contribution < -0.4 is 0 Å². The first-order chi connectivity index (χ1) is 8.22. The fourth-order valence-corrected chi connectivity index (χ4v) is 1.77. The summed E-state index contributed by atoms with van der Waals surface area (Å²) in [6.45, 7) is 5.31. The Morgan fingerprint density at radius 3 is 2.44 bits per heavy atom. The van der Waals surface area contributed by atoms with Gasteiger partial charge in [0.05, 0.1) is 0 Å². The molecule has 1 N–H and O–H groups in total. The lowest BCUT2D eigenvalue weighted by Crippen LogP contribution is -2.44. The van der Waals surface area contributed by atoms with Crippen LogP contribution in [-0.4, -0.2) is 40.1 Å². The van der Waals surface area contributed by atoms with Crippen LogP contribution in [0.5, 0.6) is 0 Å². The molecule has 18 heavy (non-hydrogen) atoms. The van der Waals surface area contributed by atoms with Crippen LogP contribution in [0.15, 0.2) is 0 Å². The second-order valence-electron chi connectivity index (χ2n) is 5.36. The first kappa shape index (κ1) is 14.5. The van der Waals surface area contributed by atoms with E-state index >= 15 is 0 Å². The van der Waals surface area contributed by atoms with Crippen LogP contribution in [0.2, 0.25) is 0 Å². The summed E-state index contributed by atoms with van der Waals surface area (Å²) >= 11 is 0. The SMILES string of the molecule is CC(C)(C)OC(=O)N1CCCCC(C(=O)O)C1=O. The third kappa shape index (κ3) is 3.72. The van der Waals surface area contributed by atoms with E-state index < -0.39 is 29.5 Å². The van der Waals surface area contributed by atoms with E-state index in [0.29, 0.717) is 12.8 Å². The molecule has 6 nitrogen and oxygen atoms in total. The molecule has 0 aromatic rings. The van der Waals surface area contributed by atoms with Crippen LogP contribution in [0, 0.1) is 5.92 Å². The average Bonchev–Trinajstić information content (AvgIpc) is 2.37. The molecule has 1 aliphatic rings. The van der Waals surface area contributed by atoms with Gasteiger partial charge in [0.25, 0.3) is 0 Å². The fourth-order valence-electron chi connectivity index (χ4n) is 1.77. The Hall–Kier alpha value is -1.59. The first-order valence-electron chi connectivity index (χ1n) is 5.99. The number of amides is 2. The lowest BCUT2D eigenvalue weighted by Gasteiger charge is -2.26. The van der Waals surface area contributed by atoms with Crippen molar-refractivity contribution in [3.63, 3.8) is 0 Å². The van der Waals surface area contributed by atoms with Gasteiger partial charge in [-0.1, -0.05) is 6.42 Å². The highest BCUT2D eigenvalue weighted by atomic mass is 16.6. The van der Waals surface area contributed by atoms with E-state index in [1.165, 1.54) is 0 Å². The largest absolute Gasteiger partial charge is 0.481 e. The van der Waals surface area contributed by atoms with Gasteiger partial charge in [0, 0.05) is 6.54 Å². The maximum atomic E-state index is 12.0. The van der Waals surface area contributed by atoms with Crippen molar-refractivity contribution in [1.82, 2.24) is 4.90 Å². The maximum Gasteiger partial charge on any atom is 0.417 e. The van der Waals surface area contributed by atoms with Crippen molar-refractivity contribution in [3.05, 3.63) is 0 Å². The third-order valence-corrected chi connectivity index (χ3v) is 2.60. The predicted molar refractivity (Wildman–Crippen MR) is 62.9 cm³/mol. The molecule has 1 aliphatic heterocycles. The third-order valence-electron chi connectivity index (χ3n) is 2.60. The number of likely N-dealkylation sites (tertiary alicyclic amines) is 1. The number of nitrogens with zero attached hydrogens (tertiary/aromatic N) is 1. The van der Waals surface area contributed by atoms with Gasteiger partial charge in [-0.3, -0.25) is 9.59 Å². The first-order valence-corrected chi connectivity index (χ1v) is 5.99. The monoisotopic (exact) mass is 257 g/mol. The van der Waals surface area contributed by atoms with Crippen molar-refractivity contribution in [2.75, 3.05) is 6.54 Å². The van der Waals surface area contributed by atoms with Gasteiger partial charge in [-0.25, -0.2) is 9.69 Å². The van der Waals surface area contributed by atoms with Crippen LogP contribution in [-0.2, 0) is 14.3 Å². The number of aliphatic carboxylic acids is 1. The van der Waals surface area contributed by atoms with Crippen LogP contribution >= 0.6 is 0 Å². The number of carboxylic acid groups (broad SMARTS) is 1. The van der Waals surface area contributed by atoms with Crippen LogP contribution in [0.25, 0.3) is 0 Å². The summed E-state index contributed by atoms with van der Waals surface area (Å²) in [6.07, 6.45) is 0.727. The number of ether oxygens (including phenoxy) is 1. The highest BCUT2D eigenvalue weighted by Gasteiger charge is 2.37. The maximum absolute atomic E-state index is 12.0. The summed E-state index contributed by atoms with van der Waals surface area (Å²) in [4.78, 5) is 35.7. The van der Waals surface area contributed by atoms with Gasteiger partial charge < -0.3 is 9.84 Å².